The zero-order valence-corrected chi connectivity index (χ0v) is 36.5. The van der Waals surface area contributed by atoms with Crippen LogP contribution in [0.3, 0.4) is 0 Å². The van der Waals surface area contributed by atoms with Gasteiger partial charge in [-0.2, -0.15) is 0 Å². The summed E-state index contributed by atoms with van der Waals surface area (Å²) in [6, 6.07) is 13.6. The summed E-state index contributed by atoms with van der Waals surface area (Å²) in [7, 11) is 2.60. The molecule has 0 spiro atoms. The molecule has 1 saturated carbocycles. The molecular formula is C49H54N8O7. The Morgan fingerprint density at radius 3 is 2.50 bits per heavy atom. The molecule has 64 heavy (non-hydrogen) atoms. The van der Waals surface area contributed by atoms with Crippen LogP contribution in [0, 0.1) is 17.8 Å². The average molecular weight is 867 g/mol. The van der Waals surface area contributed by atoms with Gasteiger partial charge < -0.3 is 44.6 Å². The van der Waals surface area contributed by atoms with Crippen LogP contribution in [-0.4, -0.2) is 86.6 Å². The van der Waals surface area contributed by atoms with E-state index >= 15 is 0 Å². The van der Waals surface area contributed by atoms with Gasteiger partial charge in [-0.25, -0.2) is 19.6 Å². The number of amides is 4. The second-order valence-electron chi connectivity index (χ2n) is 18.1. The topological polar surface area (TPSA) is 184 Å². The van der Waals surface area contributed by atoms with Gasteiger partial charge in [0.2, 0.25) is 5.91 Å². The molecular weight excluding hydrogens is 813 g/mol. The smallest absolute Gasteiger partial charge is 0.407 e. The first-order valence-corrected chi connectivity index (χ1v) is 22.5. The summed E-state index contributed by atoms with van der Waals surface area (Å²) in [5.41, 5.74) is 7.61. The summed E-state index contributed by atoms with van der Waals surface area (Å²) < 4.78 is 16.3. The van der Waals surface area contributed by atoms with Gasteiger partial charge in [0.25, 0.3) is 5.91 Å². The molecule has 0 radical (unpaired) electrons. The van der Waals surface area contributed by atoms with Crippen molar-refractivity contribution in [2.45, 2.75) is 95.1 Å². The number of allylic oxidation sites excluding steroid dienone is 4. The number of rotatable bonds is 9. The normalized spacial score (nSPS) is 24.8. The lowest BCUT2D eigenvalue weighted by Crippen LogP contribution is -2.53. The van der Waals surface area contributed by atoms with Gasteiger partial charge in [0.05, 0.1) is 49.6 Å². The monoisotopic (exact) mass is 866 g/mol. The lowest BCUT2D eigenvalue weighted by molar-refractivity contribution is -0.138. The number of imidazole rings is 2. The highest BCUT2D eigenvalue weighted by Crippen LogP contribution is 2.50. The fraction of sp³-hybridized carbons (Fsp3) is 0.429. The minimum Gasteiger partial charge on any atom is -0.489 e. The van der Waals surface area contributed by atoms with Crippen LogP contribution in [0.4, 0.5) is 9.59 Å². The third-order valence-corrected chi connectivity index (χ3v) is 14.1. The van der Waals surface area contributed by atoms with Gasteiger partial charge in [-0.3, -0.25) is 9.59 Å². The molecule has 2 saturated heterocycles. The van der Waals surface area contributed by atoms with E-state index in [0.29, 0.717) is 30.5 Å². The summed E-state index contributed by atoms with van der Waals surface area (Å²) in [5, 5.41) is 5.53. The molecule has 3 fully saturated rings. The molecule has 8 atom stereocenters. The van der Waals surface area contributed by atoms with Gasteiger partial charge in [0.15, 0.2) is 0 Å². The number of nitrogens with one attached hydrogen (secondary N) is 4. The lowest BCUT2D eigenvalue weighted by Gasteiger charge is -2.34. The van der Waals surface area contributed by atoms with Gasteiger partial charge in [-0.1, -0.05) is 74.9 Å². The maximum atomic E-state index is 14.3. The van der Waals surface area contributed by atoms with E-state index in [9.17, 15) is 19.2 Å². The van der Waals surface area contributed by atoms with Crippen molar-refractivity contribution >= 4 is 35.6 Å². The number of carbonyl (C=O) groups excluding carboxylic acids is 4. The third kappa shape index (κ3) is 7.33. The Hall–Kier alpha value is -6.64. The Morgan fingerprint density at radius 2 is 1.70 bits per heavy atom. The molecule has 6 aliphatic rings. The number of carbonyl (C=O) groups is 4. The van der Waals surface area contributed by atoms with Crippen molar-refractivity contribution < 1.29 is 33.4 Å². The van der Waals surface area contributed by atoms with E-state index in [4.69, 9.17) is 24.2 Å². The number of hydrogen-bond acceptors (Lipinski definition) is 9. The van der Waals surface area contributed by atoms with Gasteiger partial charge >= 0.3 is 12.2 Å². The summed E-state index contributed by atoms with van der Waals surface area (Å²) in [5.74, 6) is 2.35. The Morgan fingerprint density at radius 1 is 0.891 bits per heavy atom. The molecule has 15 heteroatoms. The predicted molar refractivity (Wildman–Crippen MR) is 237 cm³/mol. The first-order valence-electron chi connectivity index (χ1n) is 22.5. The number of hydrogen-bond donors (Lipinski definition) is 4. The summed E-state index contributed by atoms with van der Waals surface area (Å²) in [4.78, 5) is 73.9. The van der Waals surface area contributed by atoms with Gasteiger partial charge in [0, 0.05) is 30.0 Å². The second-order valence-corrected chi connectivity index (χ2v) is 18.1. The maximum absolute atomic E-state index is 14.3. The molecule has 3 aliphatic carbocycles. The largest absolute Gasteiger partial charge is 0.489 e. The molecule has 2 aromatic carbocycles. The maximum Gasteiger partial charge on any atom is 0.407 e. The van der Waals surface area contributed by atoms with E-state index in [2.05, 4.69) is 63.1 Å². The number of methoxy groups -OCH3 is 2. The van der Waals surface area contributed by atoms with Crippen LogP contribution in [0.1, 0.15) is 116 Å². The first-order chi connectivity index (χ1) is 31.1. The third-order valence-electron chi connectivity index (χ3n) is 14.1. The number of nitrogens with zero attached hydrogens (tertiary/aromatic N) is 4. The van der Waals surface area contributed by atoms with Crippen LogP contribution in [-0.2, 0) is 30.4 Å². The molecule has 4 amide bonds. The molecule has 5 heterocycles. The highest BCUT2D eigenvalue weighted by Gasteiger charge is 2.50. The van der Waals surface area contributed by atoms with Crippen molar-refractivity contribution in [2.24, 2.45) is 17.8 Å². The van der Waals surface area contributed by atoms with Crippen LogP contribution < -0.4 is 10.6 Å². The Kier molecular flexibility index (Phi) is 10.9. The number of likely N-dealkylation sites (tertiary alicyclic amines) is 2. The summed E-state index contributed by atoms with van der Waals surface area (Å²) in [6.07, 6.45) is 14.8. The van der Waals surface area contributed by atoms with Crippen LogP contribution in [0.2, 0.25) is 0 Å². The molecule has 10 rings (SSSR count). The number of alkyl carbamates (subject to hydrolysis) is 2. The van der Waals surface area contributed by atoms with E-state index in [1.54, 1.807) is 4.90 Å². The van der Waals surface area contributed by atoms with Crippen molar-refractivity contribution in [2.75, 3.05) is 20.8 Å². The summed E-state index contributed by atoms with van der Waals surface area (Å²) >= 11 is 0. The number of benzene rings is 2. The molecule has 15 nitrogen and oxygen atoms in total. The zero-order valence-electron chi connectivity index (χ0n) is 36.5. The molecule has 3 aliphatic heterocycles. The van der Waals surface area contributed by atoms with Crippen molar-refractivity contribution in [1.29, 1.82) is 0 Å². The zero-order chi connectivity index (χ0) is 44.2. The predicted octanol–water partition coefficient (Wildman–Crippen LogP) is 7.62. The number of ether oxygens (including phenoxy) is 3. The minimum atomic E-state index is -0.891. The Balaban J connectivity index is 0.866. The van der Waals surface area contributed by atoms with Crippen LogP contribution in [0.15, 0.2) is 78.7 Å². The molecule has 0 bridgehead atoms. The van der Waals surface area contributed by atoms with E-state index in [1.165, 1.54) is 14.2 Å². The van der Waals surface area contributed by atoms with E-state index in [0.717, 1.165) is 89.5 Å². The van der Waals surface area contributed by atoms with Crippen LogP contribution in [0.25, 0.3) is 22.9 Å². The highest BCUT2D eigenvalue weighted by atomic mass is 16.5. The van der Waals surface area contributed by atoms with Crippen molar-refractivity contribution in [3.8, 4) is 11.3 Å². The lowest BCUT2D eigenvalue weighted by atomic mass is 9.77. The van der Waals surface area contributed by atoms with Crippen LogP contribution >= 0.6 is 0 Å². The fourth-order valence-electron chi connectivity index (χ4n) is 11.0. The first kappa shape index (κ1) is 41.4. The summed E-state index contributed by atoms with van der Waals surface area (Å²) in [6.45, 7) is 4.83. The molecule has 4 unspecified atom stereocenters. The molecule has 332 valence electrons. The van der Waals surface area contributed by atoms with Gasteiger partial charge in [-0.15, -0.1) is 0 Å². The van der Waals surface area contributed by atoms with E-state index < -0.39 is 24.3 Å². The number of H-pyrrole nitrogens is 2. The SMILES string of the molecule is COC(=O)N[C@H](C(=O)N1C(c2nc3c([nH]2)C2C=C4OCc5cc(-c6cnc(C7CCCN7C(=O)[C@H](NC(=O)OC)c7ccccc7)[nH]6)ccc5C4=CC2C=C3)C[C@@H]2CCC[C@@H]21)C(C)C. The highest BCUT2D eigenvalue weighted by molar-refractivity contribution is 5.88. The van der Waals surface area contributed by atoms with Crippen LogP contribution in [0.5, 0.6) is 0 Å². The van der Waals surface area contributed by atoms with Crippen molar-refractivity contribution in [3.63, 3.8) is 0 Å². The standard InChI is InChI=1S/C49H54N8O7/c1-26(2)41(54-48(60)62-3)47(59)57-37-13-8-12-30(37)22-39(57)45-51-35-18-16-28-21-34-32-17-15-29(20-31(32)25-64-40(34)23-33(28)43(35)53-45)36-24-50-44(52-36)38-14-9-19-56(38)46(58)42(55-49(61)63-4)27-10-6-5-7-11-27/h5-7,10-11,15-18,20-21,23-24,26,28,30,33,37-39,41-42H,8-9,12-14,19,22,25H2,1-4H3,(H,50,52)(H,51,53)(H,54,60)(H,55,61)/t28?,30-,33?,37-,38?,39?,41-,42+/m0/s1. The average Bonchev–Trinajstić information content (AvgIpc) is 4.17. The molecule has 4 N–H and O–H groups in total. The van der Waals surface area contributed by atoms with Gasteiger partial charge in [-0.05, 0) is 84.4 Å². The van der Waals surface area contributed by atoms with Crippen molar-refractivity contribution in [3.05, 3.63) is 118 Å². The van der Waals surface area contributed by atoms with Crippen molar-refractivity contribution in [1.82, 2.24) is 40.4 Å². The quantitative estimate of drug-likeness (QED) is 0.131. The van der Waals surface area contributed by atoms with E-state index in [-0.39, 0.29) is 47.7 Å². The number of aromatic amines is 2. The molecule has 4 aromatic rings. The molecule has 2 aromatic heterocycles. The number of fused-ring (bicyclic) bond motifs is 7. The Bertz CT molecular complexity index is 2580. The minimum absolute atomic E-state index is 0.0139. The second kappa shape index (κ2) is 16.8. The van der Waals surface area contributed by atoms with Gasteiger partial charge in [0.1, 0.15) is 36.1 Å². The van der Waals surface area contributed by atoms with E-state index in [1.807, 2.05) is 55.3 Å². The fourth-order valence-corrected chi connectivity index (χ4v) is 11.0. The number of aromatic nitrogens is 4. The Labute approximate surface area is 371 Å².